The first kappa shape index (κ1) is 10.2. The van der Waals surface area contributed by atoms with Crippen molar-refractivity contribution in [1.82, 2.24) is 10.1 Å². The first-order valence-electron chi connectivity index (χ1n) is 4.37. The molecule has 2 N–H and O–H groups in total. The van der Waals surface area contributed by atoms with E-state index in [2.05, 4.69) is 35.4 Å². The van der Waals surface area contributed by atoms with Crippen LogP contribution in [0.1, 0.15) is 39.9 Å². The van der Waals surface area contributed by atoms with Gasteiger partial charge >= 0.3 is 0 Å². The van der Waals surface area contributed by atoms with E-state index in [1.807, 2.05) is 6.92 Å². The minimum absolute atomic E-state index is 0.157. The molecule has 0 bridgehead atoms. The van der Waals surface area contributed by atoms with Gasteiger partial charge < -0.3 is 10.3 Å². The van der Waals surface area contributed by atoms with Crippen molar-refractivity contribution < 1.29 is 4.52 Å². The van der Waals surface area contributed by atoms with E-state index in [0.717, 1.165) is 6.42 Å². The highest BCUT2D eigenvalue weighted by Gasteiger charge is 2.31. The third-order valence-electron chi connectivity index (χ3n) is 1.77. The number of hydrogen-bond acceptors (Lipinski definition) is 4. The second kappa shape index (κ2) is 3.10. The summed E-state index contributed by atoms with van der Waals surface area (Å²) in [5.41, 5.74) is 5.73. The van der Waals surface area contributed by atoms with Gasteiger partial charge in [0.1, 0.15) is 0 Å². The maximum absolute atomic E-state index is 6.08. The Morgan fingerprint density at radius 3 is 2.38 bits per heavy atom. The predicted octanol–water partition coefficient (Wildman–Crippen LogP) is 1.68. The fourth-order valence-electron chi connectivity index (χ4n) is 1.60. The van der Waals surface area contributed by atoms with Crippen LogP contribution < -0.4 is 5.73 Å². The zero-order chi connectivity index (χ0) is 10.1. The Bertz CT molecular complexity index is 259. The molecule has 1 unspecified atom stereocenters. The van der Waals surface area contributed by atoms with Gasteiger partial charge in [0.25, 0.3) is 0 Å². The zero-order valence-electron chi connectivity index (χ0n) is 8.66. The molecule has 0 fully saturated rings. The van der Waals surface area contributed by atoms with Crippen LogP contribution in [0.25, 0.3) is 0 Å². The van der Waals surface area contributed by atoms with Gasteiger partial charge in [0.2, 0.25) is 6.39 Å². The van der Waals surface area contributed by atoms with Crippen molar-refractivity contribution in [2.24, 2.45) is 11.1 Å². The number of rotatable bonds is 2. The molecule has 0 aromatic carbocycles. The molecular formula is C9H17N3O. The molecule has 0 aliphatic rings. The van der Waals surface area contributed by atoms with Gasteiger partial charge in [-0.1, -0.05) is 25.9 Å². The number of hydrogen-bond donors (Lipinski definition) is 1. The summed E-state index contributed by atoms with van der Waals surface area (Å²) in [6, 6.07) is 0. The number of nitrogens with zero attached hydrogens (tertiary/aromatic N) is 2. The van der Waals surface area contributed by atoms with Crippen molar-refractivity contribution in [1.29, 1.82) is 0 Å². The summed E-state index contributed by atoms with van der Waals surface area (Å²) in [5, 5.41) is 3.76. The fourth-order valence-corrected chi connectivity index (χ4v) is 1.60. The van der Waals surface area contributed by atoms with E-state index in [9.17, 15) is 0 Å². The van der Waals surface area contributed by atoms with E-state index in [4.69, 9.17) is 5.73 Å². The summed E-state index contributed by atoms with van der Waals surface area (Å²) in [6.07, 6.45) is 2.13. The minimum atomic E-state index is -0.509. The largest absolute Gasteiger partial charge is 0.343 e. The highest BCUT2D eigenvalue weighted by molar-refractivity contribution is 5.00. The third-order valence-corrected chi connectivity index (χ3v) is 1.77. The average Bonchev–Trinajstić information content (AvgIpc) is 2.29. The molecule has 1 heterocycles. The van der Waals surface area contributed by atoms with Gasteiger partial charge in [0.15, 0.2) is 5.82 Å². The molecule has 1 aromatic rings. The Labute approximate surface area is 78.5 Å². The highest BCUT2D eigenvalue weighted by Crippen LogP contribution is 2.30. The Balaban J connectivity index is 2.78. The molecule has 0 radical (unpaired) electrons. The van der Waals surface area contributed by atoms with Crippen molar-refractivity contribution in [2.75, 3.05) is 0 Å². The Morgan fingerprint density at radius 1 is 1.38 bits per heavy atom. The SMILES string of the molecule is CC(C)(C)CC(C)(N)c1ncon1. The fraction of sp³-hybridized carbons (Fsp3) is 0.778. The first-order chi connectivity index (χ1) is 5.81. The second-order valence-electron chi connectivity index (χ2n) is 4.91. The van der Waals surface area contributed by atoms with Gasteiger partial charge in [0, 0.05) is 0 Å². The second-order valence-corrected chi connectivity index (χ2v) is 4.91. The Kier molecular flexibility index (Phi) is 2.43. The molecule has 0 spiro atoms. The van der Waals surface area contributed by atoms with Crippen LogP contribution in [0.5, 0.6) is 0 Å². The number of aromatic nitrogens is 2. The molecule has 4 heteroatoms. The highest BCUT2D eigenvalue weighted by atomic mass is 16.5. The van der Waals surface area contributed by atoms with Gasteiger partial charge in [-0.05, 0) is 18.8 Å². The lowest BCUT2D eigenvalue weighted by Gasteiger charge is -2.29. The molecule has 0 amide bonds. The van der Waals surface area contributed by atoms with E-state index in [0.29, 0.717) is 5.82 Å². The summed E-state index contributed by atoms with van der Waals surface area (Å²) in [4.78, 5) is 3.97. The molecule has 0 aliphatic heterocycles. The van der Waals surface area contributed by atoms with Crippen molar-refractivity contribution in [3.05, 3.63) is 12.2 Å². The lowest BCUT2D eigenvalue weighted by molar-refractivity contribution is 0.257. The van der Waals surface area contributed by atoms with Gasteiger partial charge in [-0.3, -0.25) is 0 Å². The monoisotopic (exact) mass is 183 g/mol. The van der Waals surface area contributed by atoms with Crippen LogP contribution in [0.4, 0.5) is 0 Å². The summed E-state index contributed by atoms with van der Waals surface area (Å²) < 4.78 is 4.67. The van der Waals surface area contributed by atoms with Crippen molar-refractivity contribution >= 4 is 0 Å². The van der Waals surface area contributed by atoms with Crippen LogP contribution in [-0.4, -0.2) is 10.1 Å². The number of nitrogens with two attached hydrogens (primary N) is 1. The van der Waals surface area contributed by atoms with Gasteiger partial charge in [-0.25, -0.2) is 0 Å². The van der Waals surface area contributed by atoms with Crippen LogP contribution in [0.2, 0.25) is 0 Å². The van der Waals surface area contributed by atoms with Crippen molar-refractivity contribution in [3.8, 4) is 0 Å². The molecule has 0 aliphatic carbocycles. The van der Waals surface area contributed by atoms with Crippen molar-refractivity contribution in [2.45, 2.75) is 39.7 Å². The van der Waals surface area contributed by atoms with Gasteiger partial charge in [-0.15, -0.1) is 0 Å². The van der Waals surface area contributed by atoms with Crippen molar-refractivity contribution in [3.63, 3.8) is 0 Å². The molecule has 0 saturated carbocycles. The quantitative estimate of drug-likeness (QED) is 0.757. The molecule has 1 aromatic heterocycles. The van der Waals surface area contributed by atoms with Crippen LogP contribution in [0.15, 0.2) is 10.9 Å². The van der Waals surface area contributed by atoms with E-state index in [-0.39, 0.29) is 5.41 Å². The Hall–Kier alpha value is -0.900. The normalized spacial score (nSPS) is 17.0. The molecule has 0 saturated heterocycles. The molecule has 13 heavy (non-hydrogen) atoms. The molecule has 4 nitrogen and oxygen atoms in total. The molecule has 1 rings (SSSR count). The maximum Gasteiger partial charge on any atom is 0.213 e. The summed E-state index contributed by atoms with van der Waals surface area (Å²) in [6.45, 7) is 8.33. The van der Waals surface area contributed by atoms with E-state index >= 15 is 0 Å². The zero-order valence-corrected chi connectivity index (χ0v) is 8.66. The van der Waals surface area contributed by atoms with E-state index in [1.165, 1.54) is 6.39 Å². The smallest absolute Gasteiger partial charge is 0.213 e. The van der Waals surface area contributed by atoms with Crippen LogP contribution in [-0.2, 0) is 5.54 Å². The lowest BCUT2D eigenvalue weighted by atomic mass is 9.81. The molecule has 1 atom stereocenters. The summed E-state index contributed by atoms with van der Waals surface area (Å²) in [5.74, 6) is 0.572. The van der Waals surface area contributed by atoms with E-state index in [1.54, 1.807) is 0 Å². The van der Waals surface area contributed by atoms with Crippen LogP contribution in [0, 0.1) is 5.41 Å². The minimum Gasteiger partial charge on any atom is -0.343 e. The van der Waals surface area contributed by atoms with E-state index < -0.39 is 5.54 Å². The Morgan fingerprint density at radius 2 is 2.00 bits per heavy atom. The lowest BCUT2D eigenvalue weighted by Crippen LogP contribution is -2.38. The topological polar surface area (TPSA) is 64.9 Å². The maximum atomic E-state index is 6.08. The summed E-state index contributed by atoms with van der Waals surface area (Å²) >= 11 is 0. The predicted molar refractivity (Wildman–Crippen MR) is 49.9 cm³/mol. The average molecular weight is 183 g/mol. The third kappa shape index (κ3) is 2.81. The molecule has 74 valence electrons. The van der Waals surface area contributed by atoms with Crippen LogP contribution >= 0.6 is 0 Å². The van der Waals surface area contributed by atoms with Gasteiger partial charge in [-0.2, -0.15) is 4.98 Å². The van der Waals surface area contributed by atoms with Crippen LogP contribution in [0.3, 0.4) is 0 Å². The molecular weight excluding hydrogens is 166 g/mol. The standard InChI is InChI=1S/C9H17N3O/c1-8(2,3)5-9(4,10)7-11-6-13-12-7/h6H,5,10H2,1-4H3. The van der Waals surface area contributed by atoms with Gasteiger partial charge in [0.05, 0.1) is 5.54 Å². The summed E-state index contributed by atoms with van der Waals surface area (Å²) in [7, 11) is 0. The first-order valence-corrected chi connectivity index (χ1v) is 4.37.